The molecule has 1 nitrogen and oxygen atoms in total. The lowest BCUT2D eigenvalue weighted by Crippen LogP contribution is -1.93. The Hall–Kier alpha value is 0.240. The normalized spacial score (nSPS) is 8.29. The van der Waals surface area contributed by atoms with E-state index >= 15 is 0 Å². The Morgan fingerprint density at radius 2 is 2.43 bits per heavy atom. The zero-order chi connectivity index (χ0) is 5.70. The molecule has 0 fully saturated rings. The Balaban J connectivity index is 3.00. The molecule has 0 unspecified atom stereocenters. The summed E-state index contributed by atoms with van der Waals surface area (Å²) in [5.41, 5.74) is 0. The number of hydrogen-bond acceptors (Lipinski definition) is 3. The van der Waals surface area contributed by atoms with Crippen LogP contribution in [0.1, 0.15) is 6.92 Å². The highest BCUT2D eigenvalue weighted by molar-refractivity contribution is 8.22. The van der Waals surface area contributed by atoms with Crippen LogP contribution in [0.25, 0.3) is 0 Å². The van der Waals surface area contributed by atoms with Gasteiger partial charge in [0.15, 0.2) is 0 Å². The van der Waals surface area contributed by atoms with E-state index in [1.807, 2.05) is 13.2 Å². The van der Waals surface area contributed by atoms with Crippen molar-refractivity contribution < 1.29 is 4.74 Å². The van der Waals surface area contributed by atoms with Gasteiger partial charge in [0, 0.05) is 0 Å². The molecule has 0 aliphatic rings. The summed E-state index contributed by atoms with van der Waals surface area (Å²) in [6.07, 6.45) is 1.90. The lowest BCUT2D eigenvalue weighted by atomic mass is 10.9. The number of ether oxygens (including phenoxy) is 1. The molecule has 0 spiro atoms. The number of thioether (sulfide) groups is 1. The smallest absolute Gasteiger partial charge is 0.219 e. The highest BCUT2D eigenvalue weighted by atomic mass is 32.2. The first-order valence-electron chi connectivity index (χ1n) is 2.02. The third-order valence-corrected chi connectivity index (χ3v) is 1.50. The SMILES string of the molecule is CCOC(=S)SC. The second kappa shape index (κ2) is 4.40. The molecule has 0 bridgehead atoms. The molecule has 0 aromatic rings. The number of rotatable bonds is 1. The third kappa shape index (κ3) is 4.09. The van der Waals surface area contributed by atoms with E-state index in [1.165, 1.54) is 11.8 Å². The van der Waals surface area contributed by atoms with Crippen molar-refractivity contribution in [1.29, 1.82) is 0 Å². The number of hydrogen-bond donors (Lipinski definition) is 0. The first kappa shape index (κ1) is 7.24. The maximum atomic E-state index is 4.89. The highest BCUT2D eigenvalue weighted by Gasteiger charge is 1.86. The zero-order valence-electron chi connectivity index (χ0n) is 4.43. The second-order valence-corrected chi connectivity index (χ2v) is 2.30. The monoisotopic (exact) mass is 136 g/mol. The fourth-order valence-corrected chi connectivity index (χ4v) is 0.530. The summed E-state index contributed by atoms with van der Waals surface area (Å²) in [5, 5.41) is 0. The van der Waals surface area contributed by atoms with Crippen LogP contribution in [-0.2, 0) is 4.74 Å². The van der Waals surface area contributed by atoms with Crippen molar-refractivity contribution in [2.75, 3.05) is 12.9 Å². The Morgan fingerprint density at radius 1 is 1.86 bits per heavy atom. The van der Waals surface area contributed by atoms with E-state index < -0.39 is 0 Å². The fourth-order valence-electron chi connectivity index (χ4n) is 0.177. The molecule has 42 valence electrons. The second-order valence-electron chi connectivity index (χ2n) is 0.887. The highest BCUT2D eigenvalue weighted by Crippen LogP contribution is 1.97. The van der Waals surface area contributed by atoms with Gasteiger partial charge < -0.3 is 4.74 Å². The minimum atomic E-state index is 0.627. The van der Waals surface area contributed by atoms with Crippen LogP contribution >= 0.6 is 24.0 Å². The van der Waals surface area contributed by atoms with Gasteiger partial charge in [-0.3, -0.25) is 0 Å². The van der Waals surface area contributed by atoms with Gasteiger partial charge in [0.25, 0.3) is 0 Å². The van der Waals surface area contributed by atoms with Crippen molar-refractivity contribution in [3.8, 4) is 0 Å². The Morgan fingerprint density at radius 3 is 2.57 bits per heavy atom. The van der Waals surface area contributed by atoms with Crippen molar-refractivity contribution in [3.05, 3.63) is 0 Å². The van der Waals surface area contributed by atoms with E-state index in [4.69, 9.17) is 17.0 Å². The van der Waals surface area contributed by atoms with E-state index in [0.717, 1.165) is 0 Å². The summed E-state index contributed by atoms with van der Waals surface area (Å²) in [6.45, 7) is 2.60. The van der Waals surface area contributed by atoms with Gasteiger partial charge in [0.05, 0.1) is 6.61 Å². The maximum Gasteiger partial charge on any atom is 0.219 e. The molecule has 0 aliphatic carbocycles. The molecule has 0 heterocycles. The van der Waals surface area contributed by atoms with Crippen molar-refractivity contribution in [1.82, 2.24) is 0 Å². The Labute approximate surface area is 53.4 Å². The van der Waals surface area contributed by atoms with E-state index in [2.05, 4.69) is 0 Å². The van der Waals surface area contributed by atoms with Crippen LogP contribution in [-0.4, -0.2) is 17.2 Å². The van der Waals surface area contributed by atoms with Crippen molar-refractivity contribution in [3.63, 3.8) is 0 Å². The summed E-state index contributed by atoms with van der Waals surface area (Å²) in [7, 11) is 0. The quantitative estimate of drug-likeness (QED) is 0.507. The van der Waals surface area contributed by atoms with Crippen LogP contribution in [0.5, 0.6) is 0 Å². The minimum Gasteiger partial charge on any atom is -0.479 e. The zero-order valence-corrected chi connectivity index (χ0v) is 6.06. The van der Waals surface area contributed by atoms with Gasteiger partial charge in [-0.1, -0.05) is 11.8 Å². The molecule has 0 radical (unpaired) electrons. The van der Waals surface area contributed by atoms with E-state index in [9.17, 15) is 0 Å². The summed E-state index contributed by atoms with van der Waals surface area (Å²) < 4.78 is 5.51. The lowest BCUT2D eigenvalue weighted by Gasteiger charge is -1.96. The van der Waals surface area contributed by atoms with Crippen molar-refractivity contribution >= 4 is 28.4 Å². The average Bonchev–Trinajstić information content (AvgIpc) is 1.68. The van der Waals surface area contributed by atoms with Crippen LogP contribution < -0.4 is 0 Å². The molecule has 0 aromatic heterocycles. The lowest BCUT2D eigenvalue weighted by molar-refractivity contribution is 0.346. The molecule has 0 rings (SSSR count). The molecule has 7 heavy (non-hydrogen) atoms. The van der Waals surface area contributed by atoms with Gasteiger partial charge in [-0.2, -0.15) is 0 Å². The standard InChI is InChI=1S/C4H8OS2/c1-3-5-4(6)7-2/h3H2,1-2H3. The maximum absolute atomic E-state index is 4.89. The van der Waals surface area contributed by atoms with Crippen molar-refractivity contribution in [2.45, 2.75) is 6.92 Å². The van der Waals surface area contributed by atoms with Gasteiger partial charge in [-0.05, 0) is 25.4 Å². The van der Waals surface area contributed by atoms with Crippen molar-refractivity contribution in [2.24, 2.45) is 0 Å². The summed E-state index contributed by atoms with van der Waals surface area (Å²) in [4.78, 5) is 0. The molecule has 0 atom stereocenters. The molecular weight excluding hydrogens is 128 g/mol. The first-order chi connectivity index (χ1) is 3.31. The predicted octanol–water partition coefficient (Wildman–Crippen LogP) is 1.67. The predicted molar refractivity (Wildman–Crippen MR) is 37.7 cm³/mol. The van der Waals surface area contributed by atoms with Gasteiger partial charge in [0.1, 0.15) is 0 Å². The molecule has 0 amide bonds. The summed E-state index contributed by atoms with van der Waals surface area (Å²) in [5.74, 6) is 0. The van der Waals surface area contributed by atoms with Gasteiger partial charge in [0.2, 0.25) is 4.38 Å². The van der Waals surface area contributed by atoms with E-state index in [1.54, 1.807) is 0 Å². The van der Waals surface area contributed by atoms with Crippen LogP contribution in [0.2, 0.25) is 0 Å². The van der Waals surface area contributed by atoms with Crippen LogP contribution in [0, 0.1) is 0 Å². The van der Waals surface area contributed by atoms with Gasteiger partial charge >= 0.3 is 0 Å². The summed E-state index contributed by atoms with van der Waals surface area (Å²) >= 11 is 6.15. The van der Waals surface area contributed by atoms with E-state index in [0.29, 0.717) is 11.0 Å². The molecule has 0 saturated carbocycles. The minimum absolute atomic E-state index is 0.627. The Kier molecular flexibility index (Phi) is 4.55. The molecular formula is C4H8OS2. The third-order valence-electron chi connectivity index (χ3n) is 0.429. The Bertz CT molecular complexity index is 62.7. The summed E-state index contributed by atoms with van der Waals surface area (Å²) in [6, 6.07) is 0. The first-order valence-corrected chi connectivity index (χ1v) is 3.65. The molecule has 0 saturated heterocycles. The van der Waals surface area contributed by atoms with Crippen LogP contribution in [0.4, 0.5) is 0 Å². The molecule has 0 aliphatic heterocycles. The van der Waals surface area contributed by atoms with Crippen LogP contribution in [0.15, 0.2) is 0 Å². The topological polar surface area (TPSA) is 9.23 Å². The number of thiocarbonyl (C=S) groups is 1. The molecule has 0 N–H and O–H groups in total. The van der Waals surface area contributed by atoms with Gasteiger partial charge in [-0.15, -0.1) is 0 Å². The van der Waals surface area contributed by atoms with E-state index in [-0.39, 0.29) is 0 Å². The molecule has 3 heteroatoms. The van der Waals surface area contributed by atoms with Gasteiger partial charge in [-0.25, -0.2) is 0 Å². The fraction of sp³-hybridized carbons (Fsp3) is 0.750. The average molecular weight is 136 g/mol. The largest absolute Gasteiger partial charge is 0.479 e. The molecule has 0 aromatic carbocycles. The van der Waals surface area contributed by atoms with Crippen LogP contribution in [0.3, 0.4) is 0 Å².